The lowest BCUT2D eigenvalue weighted by molar-refractivity contribution is -0.143. The fraction of sp³-hybridized carbons (Fsp3) is 0.349. The third kappa shape index (κ3) is 11.8. The maximum absolute atomic E-state index is 14.5. The van der Waals surface area contributed by atoms with Gasteiger partial charge in [0.1, 0.15) is 17.5 Å². The minimum atomic E-state index is -4.47. The molecule has 2 amide bonds. The van der Waals surface area contributed by atoms with Crippen LogP contribution in [0.2, 0.25) is 0 Å². The van der Waals surface area contributed by atoms with Crippen molar-refractivity contribution in [2.75, 3.05) is 72.6 Å². The Morgan fingerprint density at radius 2 is 1.44 bits per heavy atom. The molecule has 1 aliphatic heterocycles. The summed E-state index contributed by atoms with van der Waals surface area (Å²) >= 11 is 0. The van der Waals surface area contributed by atoms with Gasteiger partial charge in [-0.05, 0) is 71.8 Å². The molecule has 5 rings (SSSR count). The van der Waals surface area contributed by atoms with Crippen molar-refractivity contribution in [3.63, 3.8) is 0 Å². The second-order valence-electron chi connectivity index (χ2n) is 13.6. The van der Waals surface area contributed by atoms with Gasteiger partial charge in [0, 0.05) is 70.6 Å². The zero-order valence-corrected chi connectivity index (χ0v) is 31.8. The number of ether oxygens (including phenoxy) is 3. The van der Waals surface area contributed by atoms with Crippen LogP contribution in [-0.4, -0.2) is 100 Å². The normalized spacial score (nSPS) is 13.9. The predicted molar refractivity (Wildman–Crippen MR) is 208 cm³/mol. The molecule has 1 heterocycles. The first kappa shape index (κ1) is 40.8. The predicted octanol–water partition coefficient (Wildman–Crippen LogP) is 6.80. The second-order valence-corrected chi connectivity index (χ2v) is 13.6. The molecule has 0 spiro atoms. The molecule has 0 unspecified atom stereocenters. The Morgan fingerprint density at radius 3 is 2.04 bits per heavy atom. The van der Waals surface area contributed by atoms with E-state index in [0.717, 1.165) is 47.6 Å². The first-order valence-corrected chi connectivity index (χ1v) is 18.2. The molecule has 292 valence electrons. The van der Waals surface area contributed by atoms with Gasteiger partial charge >= 0.3 is 6.18 Å². The molecule has 1 aliphatic rings. The van der Waals surface area contributed by atoms with Crippen LogP contribution in [0.5, 0.6) is 11.5 Å². The van der Waals surface area contributed by atoms with E-state index in [-0.39, 0.29) is 18.9 Å². The maximum atomic E-state index is 14.5. The molecule has 0 radical (unpaired) electrons. The largest absolute Gasteiger partial charge is 0.497 e. The van der Waals surface area contributed by atoms with Crippen LogP contribution in [0.4, 0.5) is 18.9 Å². The number of methoxy groups -OCH3 is 2. The van der Waals surface area contributed by atoms with E-state index < -0.39 is 23.7 Å². The number of morpholine rings is 1. The highest BCUT2D eigenvalue weighted by Crippen LogP contribution is 2.29. The Bertz CT molecular complexity index is 1840. The van der Waals surface area contributed by atoms with Crippen LogP contribution in [0.25, 0.3) is 6.08 Å². The van der Waals surface area contributed by atoms with Crippen molar-refractivity contribution in [2.24, 2.45) is 0 Å². The number of anilines is 1. The topological polar surface area (TPSA) is 74.8 Å². The van der Waals surface area contributed by atoms with Gasteiger partial charge in [0.25, 0.3) is 0 Å². The first-order chi connectivity index (χ1) is 26.4. The fourth-order valence-electron chi connectivity index (χ4n) is 6.42. The Labute approximate surface area is 321 Å². The summed E-state index contributed by atoms with van der Waals surface area (Å²) in [6.45, 7) is 4.51. The number of alkyl halides is 3. The van der Waals surface area contributed by atoms with Crippen molar-refractivity contribution in [2.45, 2.75) is 31.7 Å². The van der Waals surface area contributed by atoms with E-state index in [4.69, 9.17) is 14.2 Å². The van der Waals surface area contributed by atoms with Gasteiger partial charge in [-0.2, -0.15) is 13.2 Å². The molecule has 1 saturated heterocycles. The van der Waals surface area contributed by atoms with Crippen LogP contribution in [0, 0.1) is 0 Å². The summed E-state index contributed by atoms with van der Waals surface area (Å²) in [4.78, 5) is 36.3. The molecule has 55 heavy (non-hydrogen) atoms. The number of benzene rings is 4. The van der Waals surface area contributed by atoms with Gasteiger partial charge in [-0.3, -0.25) is 9.59 Å². The Balaban J connectivity index is 1.40. The highest BCUT2D eigenvalue weighted by molar-refractivity contribution is 5.95. The number of rotatable bonds is 16. The smallest absolute Gasteiger partial charge is 0.416 e. The summed E-state index contributed by atoms with van der Waals surface area (Å²) in [6.07, 6.45) is -1.41. The highest BCUT2D eigenvalue weighted by Gasteiger charge is 2.32. The van der Waals surface area contributed by atoms with Crippen LogP contribution in [0.15, 0.2) is 103 Å². The van der Waals surface area contributed by atoms with E-state index in [0.29, 0.717) is 49.9 Å². The number of amides is 2. The molecule has 1 fully saturated rings. The summed E-state index contributed by atoms with van der Waals surface area (Å²) < 4.78 is 56.0. The minimum absolute atomic E-state index is 0.133. The molecule has 4 aromatic carbocycles. The van der Waals surface area contributed by atoms with Gasteiger partial charge in [-0.15, -0.1) is 0 Å². The van der Waals surface area contributed by atoms with Crippen LogP contribution in [0.3, 0.4) is 0 Å². The molecule has 9 nitrogen and oxygen atoms in total. The van der Waals surface area contributed by atoms with Crippen LogP contribution in [0.1, 0.15) is 27.8 Å². The zero-order valence-electron chi connectivity index (χ0n) is 31.8. The molecule has 0 bridgehead atoms. The van der Waals surface area contributed by atoms with Gasteiger partial charge in [-0.25, -0.2) is 0 Å². The molecule has 0 aliphatic carbocycles. The molecular weight excluding hydrogens is 709 g/mol. The molecule has 4 aromatic rings. The maximum Gasteiger partial charge on any atom is 0.416 e. The van der Waals surface area contributed by atoms with Crippen LogP contribution < -0.4 is 14.4 Å². The third-order valence-corrected chi connectivity index (χ3v) is 9.60. The number of carbonyl (C=O) groups excluding carboxylic acids is 2. The van der Waals surface area contributed by atoms with E-state index in [2.05, 4.69) is 9.80 Å². The Morgan fingerprint density at radius 1 is 0.800 bits per heavy atom. The molecule has 0 aromatic heterocycles. The van der Waals surface area contributed by atoms with E-state index in [1.165, 1.54) is 24.3 Å². The highest BCUT2D eigenvalue weighted by atomic mass is 19.4. The Hall–Kier alpha value is -5.33. The van der Waals surface area contributed by atoms with E-state index >= 15 is 0 Å². The van der Waals surface area contributed by atoms with E-state index in [1.54, 1.807) is 31.1 Å². The van der Waals surface area contributed by atoms with E-state index in [9.17, 15) is 22.8 Å². The van der Waals surface area contributed by atoms with Gasteiger partial charge in [0.15, 0.2) is 0 Å². The standard InChI is InChI=1S/C43H49F3N4O5/c1-47(30-35-26-38(53-3)29-39(27-35)54-4)20-21-48(2)42(52)40(28-33-8-6-5-7-9-33)50(31-34-12-17-37(18-13-34)49-22-24-55-25-23-49)41(51)19-14-32-10-15-36(16-11-32)43(44,45)46/h5-19,26-27,29,40H,20-25,28,30-31H2,1-4H3/t40-/m0/s1. The average molecular weight is 759 g/mol. The fourth-order valence-corrected chi connectivity index (χ4v) is 6.42. The first-order valence-electron chi connectivity index (χ1n) is 18.2. The number of halogens is 3. The van der Waals surface area contributed by atoms with E-state index in [1.807, 2.05) is 79.8 Å². The van der Waals surface area contributed by atoms with Gasteiger partial charge in [0.05, 0.1) is 33.0 Å². The molecule has 1 atom stereocenters. The lowest BCUT2D eigenvalue weighted by atomic mass is 10.0. The summed E-state index contributed by atoms with van der Waals surface area (Å²) in [7, 11) is 6.91. The summed E-state index contributed by atoms with van der Waals surface area (Å²) in [5.74, 6) is 0.698. The van der Waals surface area contributed by atoms with Crippen LogP contribution >= 0.6 is 0 Å². The SMILES string of the molecule is COc1cc(CN(C)CCN(C)C(=O)[C@H](Cc2ccccc2)N(Cc2ccc(N3CCOCC3)cc2)C(=O)C=Cc2ccc(C(F)(F)F)cc2)cc(OC)c1. The number of carbonyl (C=O) groups is 2. The number of nitrogens with zero attached hydrogens (tertiary/aromatic N) is 4. The van der Waals surface area contributed by atoms with Crippen molar-refractivity contribution in [1.29, 1.82) is 0 Å². The summed E-state index contributed by atoms with van der Waals surface area (Å²) in [6, 6.07) is 26.9. The third-order valence-electron chi connectivity index (χ3n) is 9.60. The second kappa shape index (κ2) is 19.3. The van der Waals surface area contributed by atoms with Gasteiger partial charge in [-0.1, -0.05) is 54.6 Å². The van der Waals surface area contributed by atoms with Crippen molar-refractivity contribution in [3.05, 3.63) is 131 Å². The average Bonchev–Trinajstić information content (AvgIpc) is 3.20. The van der Waals surface area contributed by atoms with Crippen molar-refractivity contribution >= 4 is 23.6 Å². The number of hydrogen-bond donors (Lipinski definition) is 0. The van der Waals surface area contributed by atoms with Crippen LogP contribution in [-0.2, 0) is 40.0 Å². The van der Waals surface area contributed by atoms with Crippen molar-refractivity contribution < 1.29 is 37.0 Å². The number of likely N-dealkylation sites (N-methyl/N-ethyl adjacent to an activating group) is 2. The molecule has 12 heteroatoms. The van der Waals surface area contributed by atoms with Gasteiger partial charge < -0.3 is 33.8 Å². The summed E-state index contributed by atoms with van der Waals surface area (Å²) in [5, 5.41) is 0. The van der Waals surface area contributed by atoms with Crippen molar-refractivity contribution in [1.82, 2.24) is 14.7 Å². The monoisotopic (exact) mass is 758 g/mol. The quantitative estimate of drug-likeness (QED) is 0.116. The lowest BCUT2D eigenvalue weighted by Crippen LogP contribution is -2.51. The lowest BCUT2D eigenvalue weighted by Gasteiger charge is -2.34. The summed E-state index contributed by atoms with van der Waals surface area (Å²) in [5.41, 5.74) is 3.39. The minimum Gasteiger partial charge on any atom is -0.497 e. The molecular formula is C43H49F3N4O5. The zero-order chi connectivity index (χ0) is 39.4. The Kier molecular flexibility index (Phi) is 14.3. The molecule has 0 saturated carbocycles. The molecule has 0 N–H and O–H groups in total. The van der Waals surface area contributed by atoms with Crippen molar-refractivity contribution in [3.8, 4) is 11.5 Å². The van der Waals surface area contributed by atoms with Gasteiger partial charge in [0.2, 0.25) is 11.8 Å². The number of hydrogen-bond acceptors (Lipinski definition) is 7.